The van der Waals surface area contributed by atoms with E-state index in [1.807, 2.05) is 6.07 Å². The molecule has 31 heavy (non-hydrogen) atoms. The monoisotopic (exact) mass is 444 g/mol. The summed E-state index contributed by atoms with van der Waals surface area (Å²) in [6.07, 6.45) is 0.464. The Labute approximate surface area is 181 Å². The number of amides is 2. The highest BCUT2D eigenvalue weighted by Gasteiger charge is 2.29. The van der Waals surface area contributed by atoms with Crippen LogP contribution in [0.1, 0.15) is 31.4 Å². The minimum Gasteiger partial charge on any atom is -0.454 e. The number of nitrogens with zero attached hydrogens (tertiary/aromatic N) is 1. The molecule has 0 saturated heterocycles. The number of hydrogen-bond donors (Lipinski definition) is 1. The van der Waals surface area contributed by atoms with Gasteiger partial charge >= 0.3 is 0 Å². The van der Waals surface area contributed by atoms with Crippen LogP contribution in [0.2, 0.25) is 0 Å². The van der Waals surface area contributed by atoms with E-state index in [0.29, 0.717) is 24.5 Å². The minimum atomic E-state index is -3.69. The number of ether oxygens (including phenoxy) is 2. The fourth-order valence-electron chi connectivity index (χ4n) is 3.81. The van der Waals surface area contributed by atoms with Gasteiger partial charge in [-0.15, -0.1) is 0 Å². The molecule has 1 N–H and O–H groups in total. The number of sulfone groups is 1. The molecule has 2 amide bonds. The smallest absolute Gasteiger partial charge is 0.231 e. The quantitative estimate of drug-likeness (QED) is 0.733. The molecule has 4 rings (SSSR count). The molecule has 164 valence electrons. The number of hydrogen-bond acceptors (Lipinski definition) is 6. The van der Waals surface area contributed by atoms with Crippen LogP contribution in [0, 0.1) is 0 Å². The maximum atomic E-state index is 13.0. The van der Waals surface area contributed by atoms with E-state index in [-0.39, 0.29) is 36.5 Å². The van der Waals surface area contributed by atoms with Crippen molar-refractivity contribution in [3.8, 4) is 11.5 Å². The summed E-state index contributed by atoms with van der Waals surface area (Å²) in [7, 11) is -3.69. The number of carbonyl (C=O) groups is 2. The second kappa shape index (κ2) is 8.22. The van der Waals surface area contributed by atoms with Gasteiger partial charge in [0.25, 0.3) is 0 Å². The lowest BCUT2D eigenvalue weighted by Gasteiger charge is -2.16. The lowest BCUT2D eigenvalue weighted by molar-refractivity contribution is -0.121. The van der Waals surface area contributed by atoms with Gasteiger partial charge in [-0.2, -0.15) is 0 Å². The van der Waals surface area contributed by atoms with Crippen molar-refractivity contribution in [1.29, 1.82) is 0 Å². The number of nitrogens with one attached hydrogen (secondary N) is 1. The third-order valence-electron chi connectivity index (χ3n) is 5.58. The second-order valence-electron chi connectivity index (χ2n) is 7.74. The first kappa shape index (κ1) is 21.2. The molecule has 0 aromatic heterocycles. The molecule has 2 aromatic rings. The molecule has 0 spiro atoms. The van der Waals surface area contributed by atoms with Gasteiger partial charge in [-0.05, 0) is 54.8 Å². The summed E-state index contributed by atoms with van der Waals surface area (Å²) < 4.78 is 36.6. The highest BCUT2D eigenvalue weighted by molar-refractivity contribution is 7.92. The number of rotatable bonds is 6. The molecule has 9 heteroatoms. The zero-order valence-corrected chi connectivity index (χ0v) is 18.2. The zero-order chi connectivity index (χ0) is 22.2. The molecule has 1 unspecified atom stereocenters. The number of carbonyl (C=O) groups excluding carboxylic acids is 2. The van der Waals surface area contributed by atoms with E-state index >= 15 is 0 Å². The Morgan fingerprint density at radius 3 is 2.68 bits per heavy atom. The summed E-state index contributed by atoms with van der Waals surface area (Å²) in [4.78, 5) is 25.9. The van der Waals surface area contributed by atoms with Gasteiger partial charge in [0.1, 0.15) is 0 Å². The topological polar surface area (TPSA) is 102 Å². The summed E-state index contributed by atoms with van der Waals surface area (Å²) in [5, 5.41) is 1.88. The van der Waals surface area contributed by atoms with Crippen LogP contribution < -0.4 is 19.7 Å². The molecule has 2 aromatic carbocycles. The Balaban J connectivity index is 1.39. The Hall–Kier alpha value is -3.07. The second-order valence-corrected chi connectivity index (χ2v) is 10.1. The molecular weight excluding hydrogens is 420 g/mol. The van der Waals surface area contributed by atoms with E-state index in [2.05, 4.69) is 5.32 Å². The fourth-order valence-corrected chi connectivity index (χ4v) is 5.21. The molecule has 0 bridgehead atoms. The van der Waals surface area contributed by atoms with E-state index in [0.717, 1.165) is 16.8 Å². The maximum Gasteiger partial charge on any atom is 0.231 e. The van der Waals surface area contributed by atoms with Crippen molar-refractivity contribution >= 4 is 27.3 Å². The van der Waals surface area contributed by atoms with Crippen LogP contribution >= 0.6 is 0 Å². The van der Waals surface area contributed by atoms with Crippen LogP contribution in [0.3, 0.4) is 0 Å². The fraction of sp³-hybridized carbons (Fsp3) is 0.364. The summed E-state index contributed by atoms with van der Waals surface area (Å²) in [5.74, 6) is 0.873. The van der Waals surface area contributed by atoms with Gasteiger partial charge < -0.3 is 19.7 Å². The van der Waals surface area contributed by atoms with E-state index in [4.69, 9.17) is 9.47 Å². The van der Waals surface area contributed by atoms with Gasteiger partial charge in [0.05, 0.1) is 10.1 Å². The number of anilines is 1. The van der Waals surface area contributed by atoms with Gasteiger partial charge in [-0.1, -0.05) is 6.07 Å². The Morgan fingerprint density at radius 2 is 1.90 bits per heavy atom. The highest BCUT2D eigenvalue weighted by atomic mass is 32.2. The predicted molar refractivity (Wildman–Crippen MR) is 114 cm³/mol. The van der Waals surface area contributed by atoms with Crippen LogP contribution in [0.15, 0.2) is 41.3 Å². The first-order chi connectivity index (χ1) is 14.8. The first-order valence-corrected chi connectivity index (χ1v) is 11.6. The molecule has 2 aliphatic rings. The van der Waals surface area contributed by atoms with Gasteiger partial charge in [0.15, 0.2) is 21.3 Å². The molecule has 0 radical (unpaired) electrons. The van der Waals surface area contributed by atoms with Crippen molar-refractivity contribution in [3.63, 3.8) is 0 Å². The van der Waals surface area contributed by atoms with Crippen molar-refractivity contribution in [2.75, 3.05) is 18.2 Å². The molecule has 0 saturated carbocycles. The normalized spacial score (nSPS) is 15.5. The number of fused-ring (bicyclic) bond motifs is 2. The number of benzene rings is 2. The van der Waals surface area contributed by atoms with Gasteiger partial charge in [0.2, 0.25) is 18.6 Å². The highest BCUT2D eigenvalue weighted by Crippen LogP contribution is 2.33. The van der Waals surface area contributed by atoms with E-state index in [1.54, 1.807) is 29.2 Å². The maximum absolute atomic E-state index is 13.0. The molecular formula is C22H24N2O6S. The van der Waals surface area contributed by atoms with Crippen molar-refractivity contribution in [2.24, 2.45) is 0 Å². The minimum absolute atomic E-state index is 0.0677. The van der Waals surface area contributed by atoms with Gasteiger partial charge in [0, 0.05) is 32.1 Å². The molecule has 0 aliphatic carbocycles. The van der Waals surface area contributed by atoms with Crippen LogP contribution in [0.25, 0.3) is 0 Å². The van der Waals surface area contributed by atoms with Crippen LogP contribution in [-0.4, -0.2) is 38.8 Å². The Morgan fingerprint density at radius 1 is 1.13 bits per heavy atom. The van der Waals surface area contributed by atoms with Crippen molar-refractivity contribution in [1.82, 2.24) is 5.32 Å². The Kier molecular flexibility index (Phi) is 5.62. The Bertz CT molecular complexity index is 1140. The van der Waals surface area contributed by atoms with E-state index in [9.17, 15) is 18.0 Å². The largest absolute Gasteiger partial charge is 0.454 e. The standard InChI is InChI=1S/C22H24N2O6S/c1-14(9-22(26)23-12-16-3-6-20-21(10-16)30-13-29-20)31(27,28)18-4-5-19-17(11-18)7-8-24(19)15(2)25/h3-6,10-11,14H,7-9,12-13H2,1-2H3,(H,23,26). The lowest BCUT2D eigenvalue weighted by Crippen LogP contribution is -2.29. The van der Waals surface area contributed by atoms with Crippen LogP contribution in [-0.2, 0) is 32.4 Å². The van der Waals surface area contributed by atoms with Crippen molar-refractivity contribution in [2.45, 2.75) is 43.4 Å². The summed E-state index contributed by atoms with van der Waals surface area (Å²) in [6.45, 7) is 4.01. The van der Waals surface area contributed by atoms with Gasteiger partial charge in [-0.3, -0.25) is 9.59 Å². The average molecular weight is 445 g/mol. The molecule has 8 nitrogen and oxygen atoms in total. The van der Waals surface area contributed by atoms with Crippen molar-refractivity contribution in [3.05, 3.63) is 47.5 Å². The average Bonchev–Trinajstić information content (AvgIpc) is 3.37. The summed E-state index contributed by atoms with van der Waals surface area (Å²) in [5.41, 5.74) is 2.41. The summed E-state index contributed by atoms with van der Waals surface area (Å²) in [6, 6.07) is 10.2. The third kappa shape index (κ3) is 4.23. The van der Waals surface area contributed by atoms with Crippen LogP contribution in [0.4, 0.5) is 5.69 Å². The SMILES string of the molecule is CC(=O)N1CCc2cc(S(=O)(=O)C(C)CC(=O)NCc3ccc4c(c3)OCO4)ccc21. The zero-order valence-electron chi connectivity index (χ0n) is 17.4. The van der Waals surface area contributed by atoms with E-state index in [1.165, 1.54) is 19.9 Å². The molecule has 0 fully saturated rings. The molecule has 1 atom stereocenters. The molecule has 2 heterocycles. The first-order valence-electron chi connectivity index (χ1n) is 10.1. The lowest BCUT2D eigenvalue weighted by atomic mass is 10.2. The van der Waals surface area contributed by atoms with Crippen LogP contribution in [0.5, 0.6) is 11.5 Å². The predicted octanol–water partition coefficient (Wildman–Crippen LogP) is 2.19. The summed E-state index contributed by atoms with van der Waals surface area (Å²) >= 11 is 0. The van der Waals surface area contributed by atoms with E-state index < -0.39 is 15.1 Å². The third-order valence-corrected chi connectivity index (χ3v) is 7.72. The molecule has 2 aliphatic heterocycles. The van der Waals surface area contributed by atoms with Crippen molar-refractivity contribution < 1.29 is 27.5 Å². The van der Waals surface area contributed by atoms with Gasteiger partial charge in [-0.25, -0.2) is 8.42 Å².